The zero-order valence-electron chi connectivity index (χ0n) is 21.2. The van der Waals surface area contributed by atoms with Crippen LogP contribution in [-0.4, -0.2) is 37.9 Å². The number of ether oxygens (including phenoxy) is 3. The highest BCUT2D eigenvalue weighted by Crippen LogP contribution is 2.43. The molecule has 2 aromatic rings. The second-order valence-corrected chi connectivity index (χ2v) is 9.01. The van der Waals surface area contributed by atoms with Gasteiger partial charge >= 0.3 is 18.0 Å². The number of hydrogen-bond acceptors (Lipinski definition) is 9. The van der Waals surface area contributed by atoms with Gasteiger partial charge in [-0.05, 0) is 44.5 Å². The molecule has 3 N–H and O–H groups in total. The van der Waals surface area contributed by atoms with Gasteiger partial charge in [-0.3, -0.25) is 10.2 Å². The van der Waals surface area contributed by atoms with Crippen molar-refractivity contribution in [2.24, 2.45) is 5.73 Å². The number of anilines is 2. The molecule has 0 radical (unpaired) electrons. The summed E-state index contributed by atoms with van der Waals surface area (Å²) in [7, 11) is 2.34. The molecule has 0 spiro atoms. The van der Waals surface area contributed by atoms with Crippen LogP contribution in [0, 0.1) is 11.3 Å². The number of nitrogens with zero attached hydrogens (tertiary/aromatic N) is 2. The van der Waals surface area contributed by atoms with Gasteiger partial charge in [0.15, 0.2) is 0 Å². The minimum absolute atomic E-state index is 0.0322. The van der Waals surface area contributed by atoms with Crippen molar-refractivity contribution in [2.45, 2.75) is 32.3 Å². The first kappa shape index (κ1) is 26.8. The molecule has 1 unspecified atom stereocenters. The highest BCUT2D eigenvalue weighted by Gasteiger charge is 2.43. The number of carbonyl (C=O) groups is 3. The standard InChI is InChI=1S/C27H28N4O6/c1-27(2,3)37-26(34)30-17-12-9-13-18(14-17)31-22(25(33)36-5)21(24(32)35-4)20(19(15-28)23(31)29)16-10-7-6-8-11-16/h6-14,20H,29H2,1-5H3,(H,30,34). The first-order valence-electron chi connectivity index (χ1n) is 11.3. The highest BCUT2D eigenvalue weighted by atomic mass is 16.6. The summed E-state index contributed by atoms with van der Waals surface area (Å²) in [5.41, 5.74) is 6.65. The first-order chi connectivity index (χ1) is 17.5. The van der Waals surface area contributed by atoms with Crippen LogP contribution in [0.1, 0.15) is 32.3 Å². The smallest absolute Gasteiger partial charge is 0.412 e. The number of nitrogens with one attached hydrogen (secondary N) is 1. The van der Waals surface area contributed by atoms with Gasteiger partial charge in [-0.25, -0.2) is 14.4 Å². The quantitative estimate of drug-likeness (QED) is 0.457. The monoisotopic (exact) mass is 504 g/mol. The van der Waals surface area contributed by atoms with Crippen LogP contribution in [0.2, 0.25) is 0 Å². The number of benzene rings is 2. The molecule has 1 aliphatic rings. The third-order valence-corrected chi connectivity index (χ3v) is 5.36. The zero-order chi connectivity index (χ0) is 27.3. The van der Waals surface area contributed by atoms with Crippen molar-refractivity contribution in [1.82, 2.24) is 0 Å². The predicted octanol–water partition coefficient (Wildman–Crippen LogP) is 3.93. The maximum atomic E-state index is 13.1. The van der Waals surface area contributed by atoms with Crippen LogP contribution in [-0.2, 0) is 23.8 Å². The number of allylic oxidation sites excluding steroid dienone is 1. The molecule has 0 aromatic heterocycles. The van der Waals surface area contributed by atoms with Gasteiger partial charge in [0.05, 0.1) is 37.4 Å². The predicted molar refractivity (Wildman–Crippen MR) is 136 cm³/mol. The van der Waals surface area contributed by atoms with Gasteiger partial charge in [0.1, 0.15) is 17.1 Å². The van der Waals surface area contributed by atoms with E-state index < -0.39 is 29.6 Å². The highest BCUT2D eigenvalue weighted by molar-refractivity contribution is 6.06. The Hall–Kier alpha value is -4.78. The van der Waals surface area contributed by atoms with Crippen molar-refractivity contribution >= 4 is 29.4 Å². The Morgan fingerprint density at radius 3 is 2.22 bits per heavy atom. The van der Waals surface area contributed by atoms with E-state index in [0.29, 0.717) is 11.3 Å². The maximum Gasteiger partial charge on any atom is 0.412 e. The number of amides is 1. The number of methoxy groups -OCH3 is 2. The molecule has 1 amide bonds. The zero-order valence-corrected chi connectivity index (χ0v) is 21.2. The van der Waals surface area contributed by atoms with Gasteiger partial charge in [0.25, 0.3) is 0 Å². The molecule has 37 heavy (non-hydrogen) atoms. The summed E-state index contributed by atoms with van der Waals surface area (Å²) >= 11 is 0. The van der Waals surface area contributed by atoms with E-state index >= 15 is 0 Å². The fraction of sp³-hybridized carbons (Fsp3) is 0.259. The van der Waals surface area contributed by atoms with E-state index in [4.69, 9.17) is 19.9 Å². The van der Waals surface area contributed by atoms with Gasteiger partial charge in [-0.1, -0.05) is 36.4 Å². The van der Waals surface area contributed by atoms with Crippen molar-refractivity contribution in [3.63, 3.8) is 0 Å². The molecule has 0 aliphatic carbocycles. The Labute approximate surface area is 214 Å². The first-order valence-corrected chi connectivity index (χ1v) is 11.3. The molecule has 10 nitrogen and oxygen atoms in total. The van der Waals surface area contributed by atoms with Gasteiger partial charge < -0.3 is 19.9 Å². The lowest BCUT2D eigenvalue weighted by Crippen LogP contribution is -2.40. The lowest BCUT2D eigenvalue weighted by Gasteiger charge is -2.36. The number of esters is 2. The van der Waals surface area contributed by atoms with E-state index in [2.05, 4.69) is 11.4 Å². The molecule has 10 heteroatoms. The summed E-state index contributed by atoms with van der Waals surface area (Å²) in [4.78, 5) is 39.8. The topological polar surface area (TPSA) is 144 Å². The molecule has 1 heterocycles. The van der Waals surface area contributed by atoms with E-state index in [1.54, 1.807) is 69.3 Å². The van der Waals surface area contributed by atoms with Gasteiger partial charge in [-0.15, -0.1) is 0 Å². The summed E-state index contributed by atoms with van der Waals surface area (Å²) < 4.78 is 15.3. The van der Waals surface area contributed by atoms with Crippen LogP contribution in [0.3, 0.4) is 0 Å². The molecule has 192 valence electrons. The number of hydrogen-bond donors (Lipinski definition) is 2. The van der Waals surface area contributed by atoms with E-state index in [0.717, 1.165) is 0 Å². The summed E-state index contributed by atoms with van der Waals surface area (Å²) in [6, 6.07) is 17.1. The van der Waals surface area contributed by atoms with Crippen LogP contribution in [0.15, 0.2) is 77.3 Å². The van der Waals surface area contributed by atoms with Crippen LogP contribution in [0.25, 0.3) is 0 Å². The Morgan fingerprint density at radius 2 is 1.65 bits per heavy atom. The van der Waals surface area contributed by atoms with Crippen LogP contribution < -0.4 is 16.0 Å². The molecule has 0 fully saturated rings. The molecule has 0 bridgehead atoms. The Kier molecular flexibility index (Phi) is 7.88. The second-order valence-electron chi connectivity index (χ2n) is 9.01. The van der Waals surface area contributed by atoms with Crippen molar-refractivity contribution in [3.8, 4) is 6.07 Å². The van der Waals surface area contributed by atoms with Crippen molar-refractivity contribution in [2.75, 3.05) is 24.4 Å². The van der Waals surface area contributed by atoms with Gasteiger partial charge in [-0.2, -0.15) is 5.26 Å². The van der Waals surface area contributed by atoms with Crippen LogP contribution in [0.5, 0.6) is 0 Å². The van der Waals surface area contributed by atoms with Gasteiger partial charge in [0, 0.05) is 11.4 Å². The fourth-order valence-electron chi connectivity index (χ4n) is 3.93. The van der Waals surface area contributed by atoms with Gasteiger partial charge in [0.2, 0.25) is 0 Å². The van der Waals surface area contributed by atoms with E-state index in [-0.39, 0.29) is 28.4 Å². The molecular formula is C27H28N4O6. The Morgan fingerprint density at radius 1 is 1.00 bits per heavy atom. The molecular weight excluding hydrogens is 476 g/mol. The largest absolute Gasteiger partial charge is 0.466 e. The Balaban J connectivity index is 2.24. The normalized spacial score (nSPS) is 15.6. The maximum absolute atomic E-state index is 13.1. The number of nitrogens with two attached hydrogens (primary N) is 1. The number of nitriles is 1. The molecule has 0 saturated heterocycles. The molecule has 1 aliphatic heterocycles. The van der Waals surface area contributed by atoms with Crippen molar-refractivity contribution in [3.05, 3.63) is 82.8 Å². The minimum atomic E-state index is -0.980. The number of rotatable bonds is 5. The van der Waals surface area contributed by atoms with E-state index in [9.17, 15) is 19.6 Å². The fourth-order valence-corrected chi connectivity index (χ4v) is 3.93. The SMILES string of the molecule is COC(=O)C1=C(C(=O)OC)N(c2cccc(NC(=O)OC(C)(C)C)c2)C(N)=C(C#N)C1c1ccccc1. The van der Waals surface area contributed by atoms with Crippen LogP contribution in [0.4, 0.5) is 16.2 Å². The third kappa shape index (κ3) is 5.73. The average molecular weight is 505 g/mol. The molecule has 1 atom stereocenters. The summed E-state index contributed by atoms with van der Waals surface area (Å²) in [6.45, 7) is 5.20. The molecule has 0 saturated carbocycles. The van der Waals surface area contributed by atoms with E-state index in [1.165, 1.54) is 25.2 Å². The third-order valence-electron chi connectivity index (χ3n) is 5.36. The number of carbonyl (C=O) groups excluding carboxylic acids is 3. The lowest BCUT2D eigenvalue weighted by molar-refractivity contribution is -0.139. The summed E-state index contributed by atoms with van der Waals surface area (Å²) in [6.07, 6.45) is -0.687. The van der Waals surface area contributed by atoms with Crippen LogP contribution >= 0.6 is 0 Å². The summed E-state index contributed by atoms with van der Waals surface area (Å²) in [5.74, 6) is -2.76. The van der Waals surface area contributed by atoms with E-state index in [1.807, 2.05) is 0 Å². The van der Waals surface area contributed by atoms with Crippen molar-refractivity contribution in [1.29, 1.82) is 5.26 Å². The Bertz CT molecular complexity index is 1320. The van der Waals surface area contributed by atoms with Crippen molar-refractivity contribution < 1.29 is 28.6 Å². The molecule has 3 rings (SSSR count). The second kappa shape index (κ2) is 10.9. The molecule has 2 aromatic carbocycles. The minimum Gasteiger partial charge on any atom is -0.466 e. The summed E-state index contributed by atoms with van der Waals surface area (Å²) in [5, 5.41) is 12.7. The lowest BCUT2D eigenvalue weighted by atomic mass is 9.81. The average Bonchev–Trinajstić information content (AvgIpc) is 2.86.